The number of allylic oxidation sites excluding steroid dienone is 4. The lowest BCUT2D eigenvalue weighted by Gasteiger charge is -2.21. The van der Waals surface area contributed by atoms with Gasteiger partial charge in [0.25, 0.3) is 0 Å². The molecule has 0 spiro atoms. The minimum atomic E-state index is 0.294. The van der Waals surface area contributed by atoms with E-state index < -0.39 is 0 Å². The van der Waals surface area contributed by atoms with E-state index in [1.54, 1.807) is 0 Å². The van der Waals surface area contributed by atoms with E-state index in [0.717, 1.165) is 0 Å². The van der Waals surface area contributed by atoms with Gasteiger partial charge in [-0.1, -0.05) is 176 Å². The molecule has 0 aromatic heterocycles. The van der Waals surface area contributed by atoms with Crippen molar-refractivity contribution < 1.29 is 0 Å². The molecule has 0 heteroatoms. The van der Waals surface area contributed by atoms with Gasteiger partial charge in [0.05, 0.1) is 0 Å². The summed E-state index contributed by atoms with van der Waals surface area (Å²) < 4.78 is 0. The lowest BCUT2D eigenvalue weighted by molar-refractivity contribution is 0.318. The predicted octanol–water partition coefficient (Wildman–Crippen LogP) is 12.9. The van der Waals surface area contributed by atoms with Crippen LogP contribution in [0, 0.1) is 21.7 Å². The van der Waals surface area contributed by atoms with Crippen LogP contribution in [0.1, 0.15) is 164 Å². The minimum absolute atomic E-state index is 0.294. The lowest BCUT2D eigenvalue weighted by Crippen LogP contribution is -2.07. The SMILES string of the molecule is CC.CC.CC.CC.CC(C)(C)/C=C\C=C/C(C)(C)C.CC(C)(C)CCCCC(C)(C)C. The zero-order chi connectivity index (χ0) is 27.7. The molecule has 0 aliphatic carbocycles. The third kappa shape index (κ3) is 78.3. The monoisotopic (exact) mass is 457 g/mol. The summed E-state index contributed by atoms with van der Waals surface area (Å²) >= 11 is 0. The van der Waals surface area contributed by atoms with Crippen LogP contribution in [0.25, 0.3) is 0 Å². The third-order valence-corrected chi connectivity index (χ3v) is 3.41. The molecule has 0 amide bonds. The van der Waals surface area contributed by atoms with Crippen LogP contribution in [-0.4, -0.2) is 0 Å². The first kappa shape index (κ1) is 45.0. The van der Waals surface area contributed by atoms with E-state index in [0.29, 0.717) is 21.7 Å². The van der Waals surface area contributed by atoms with Crippen LogP contribution in [0.3, 0.4) is 0 Å². The zero-order valence-electron chi connectivity index (χ0n) is 27.1. The molecule has 0 heterocycles. The van der Waals surface area contributed by atoms with Gasteiger partial charge in [0, 0.05) is 0 Å². The summed E-state index contributed by atoms with van der Waals surface area (Å²) in [6, 6.07) is 0. The first-order chi connectivity index (χ1) is 14.4. The second-order valence-electron chi connectivity index (χ2n) is 11.8. The van der Waals surface area contributed by atoms with Crippen molar-refractivity contribution in [3.63, 3.8) is 0 Å². The molecule has 0 rings (SSSR count). The fraction of sp³-hybridized carbons (Fsp3) is 0.875. The van der Waals surface area contributed by atoms with Gasteiger partial charge in [-0.15, -0.1) is 0 Å². The molecule has 0 saturated heterocycles. The second-order valence-corrected chi connectivity index (χ2v) is 11.8. The fourth-order valence-electron chi connectivity index (χ4n) is 2.00. The zero-order valence-corrected chi connectivity index (χ0v) is 27.1. The van der Waals surface area contributed by atoms with Crippen molar-refractivity contribution >= 4 is 0 Å². The van der Waals surface area contributed by atoms with Crippen LogP contribution in [-0.2, 0) is 0 Å². The van der Waals surface area contributed by atoms with Gasteiger partial charge in [-0.25, -0.2) is 0 Å². The smallest absolute Gasteiger partial charge is 0.0200 e. The van der Waals surface area contributed by atoms with E-state index in [-0.39, 0.29) is 0 Å². The molecule has 0 saturated carbocycles. The lowest BCUT2D eigenvalue weighted by atomic mass is 9.85. The molecule has 200 valence electrons. The van der Waals surface area contributed by atoms with Gasteiger partial charge in [0.1, 0.15) is 0 Å². The van der Waals surface area contributed by atoms with Gasteiger partial charge in [0.15, 0.2) is 0 Å². The average Bonchev–Trinajstić information content (AvgIpc) is 2.67. The van der Waals surface area contributed by atoms with E-state index in [4.69, 9.17) is 0 Å². The molecule has 0 atom stereocenters. The van der Waals surface area contributed by atoms with Gasteiger partial charge in [-0.3, -0.25) is 0 Å². The van der Waals surface area contributed by atoms with Gasteiger partial charge in [-0.05, 0) is 34.5 Å². The standard InChI is InChI=1S/C12H26.C12H22.4C2H6/c2*1-11(2,3)9-7-8-10-12(4,5)6;4*1-2/h7-10H2,1-6H3;7-10H,1-6H3;4*1-2H3/b;9-7-,10-8-;;;;. The van der Waals surface area contributed by atoms with Crippen molar-refractivity contribution in [1.29, 1.82) is 0 Å². The highest BCUT2D eigenvalue weighted by molar-refractivity contribution is 5.08. The first-order valence-corrected chi connectivity index (χ1v) is 13.8. The highest BCUT2D eigenvalue weighted by Gasteiger charge is 2.12. The first-order valence-electron chi connectivity index (χ1n) is 13.8. The highest BCUT2D eigenvalue weighted by atomic mass is 14.2. The molecule has 0 nitrogen and oxygen atoms in total. The Kier molecular flexibility index (Phi) is 37.6. The summed E-state index contributed by atoms with van der Waals surface area (Å²) in [5, 5.41) is 0. The predicted molar refractivity (Wildman–Crippen MR) is 160 cm³/mol. The molecular formula is C32H72. The molecule has 0 bridgehead atoms. The maximum atomic E-state index is 2.32. The third-order valence-electron chi connectivity index (χ3n) is 3.41. The van der Waals surface area contributed by atoms with E-state index in [2.05, 4.69) is 107 Å². The van der Waals surface area contributed by atoms with Gasteiger partial charge in [-0.2, -0.15) is 0 Å². The van der Waals surface area contributed by atoms with Crippen LogP contribution in [0.15, 0.2) is 24.3 Å². The number of hydrogen-bond acceptors (Lipinski definition) is 0. The second kappa shape index (κ2) is 26.7. The van der Waals surface area contributed by atoms with Crippen molar-refractivity contribution in [2.45, 2.75) is 164 Å². The number of unbranched alkanes of at least 4 members (excludes halogenated alkanes) is 1. The Labute approximate surface area is 210 Å². The van der Waals surface area contributed by atoms with Crippen molar-refractivity contribution in [2.75, 3.05) is 0 Å². The summed E-state index contributed by atoms with van der Waals surface area (Å²) in [6.45, 7) is 43.2. The molecule has 0 fully saturated rings. The van der Waals surface area contributed by atoms with Crippen molar-refractivity contribution in [3.05, 3.63) is 24.3 Å². The molecule has 0 unspecified atom stereocenters. The summed E-state index contributed by atoms with van der Waals surface area (Å²) in [5.41, 5.74) is 1.64. The van der Waals surface area contributed by atoms with Crippen molar-refractivity contribution in [1.82, 2.24) is 0 Å². The summed E-state index contributed by atoms with van der Waals surface area (Å²) in [4.78, 5) is 0. The molecule has 0 radical (unpaired) electrons. The number of rotatable bonds is 4. The Morgan fingerprint density at radius 1 is 0.375 bits per heavy atom. The Hall–Kier alpha value is -0.520. The van der Waals surface area contributed by atoms with E-state index >= 15 is 0 Å². The highest BCUT2D eigenvalue weighted by Crippen LogP contribution is 2.26. The topological polar surface area (TPSA) is 0 Å². The maximum absolute atomic E-state index is 2.32. The fourth-order valence-corrected chi connectivity index (χ4v) is 2.00. The average molecular weight is 457 g/mol. The molecule has 0 aliphatic rings. The van der Waals surface area contributed by atoms with Crippen LogP contribution < -0.4 is 0 Å². The minimum Gasteiger partial charge on any atom is -0.0791 e. The number of hydrogen-bond donors (Lipinski definition) is 0. The van der Waals surface area contributed by atoms with E-state index in [1.165, 1.54) is 25.7 Å². The van der Waals surface area contributed by atoms with E-state index in [9.17, 15) is 0 Å². The molecule has 0 N–H and O–H groups in total. The molecule has 32 heavy (non-hydrogen) atoms. The van der Waals surface area contributed by atoms with Crippen molar-refractivity contribution in [2.24, 2.45) is 21.7 Å². The van der Waals surface area contributed by atoms with Crippen LogP contribution >= 0.6 is 0 Å². The van der Waals surface area contributed by atoms with Crippen LogP contribution in [0.5, 0.6) is 0 Å². The van der Waals surface area contributed by atoms with Gasteiger partial charge < -0.3 is 0 Å². The van der Waals surface area contributed by atoms with Gasteiger partial charge in [0.2, 0.25) is 0 Å². The molecule has 0 aromatic carbocycles. The maximum Gasteiger partial charge on any atom is -0.0200 e. The van der Waals surface area contributed by atoms with Crippen LogP contribution in [0.2, 0.25) is 0 Å². The Balaban J connectivity index is -0.0000000802. The van der Waals surface area contributed by atoms with E-state index in [1.807, 2.05) is 55.4 Å². The Morgan fingerprint density at radius 3 is 0.688 bits per heavy atom. The van der Waals surface area contributed by atoms with Gasteiger partial charge >= 0.3 is 0 Å². The summed E-state index contributed by atoms with van der Waals surface area (Å²) in [6.07, 6.45) is 14.2. The Morgan fingerprint density at radius 2 is 0.562 bits per heavy atom. The molecular weight excluding hydrogens is 384 g/mol. The molecule has 0 aromatic rings. The normalized spacial score (nSPS) is 11.4. The molecule has 0 aliphatic heterocycles. The summed E-state index contributed by atoms with van der Waals surface area (Å²) in [5.74, 6) is 0. The summed E-state index contributed by atoms with van der Waals surface area (Å²) in [7, 11) is 0. The Bertz CT molecular complexity index is 315. The van der Waals surface area contributed by atoms with Crippen molar-refractivity contribution in [3.8, 4) is 0 Å². The largest absolute Gasteiger partial charge is 0.0791 e. The van der Waals surface area contributed by atoms with Crippen LogP contribution in [0.4, 0.5) is 0 Å². The quantitative estimate of drug-likeness (QED) is 0.291.